The standard InChI is InChI=1S/C14H11FN2O/c1-8-4-2-7-11-13(8)18-14(17-11)9-5-3-6-10(15)12(9)16/h2-7H,16H2,1H3. The molecule has 0 aliphatic heterocycles. The van der Waals surface area contributed by atoms with Crippen LogP contribution in [0.5, 0.6) is 0 Å². The second-order valence-electron chi connectivity index (χ2n) is 4.14. The zero-order valence-electron chi connectivity index (χ0n) is 9.77. The van der Waals surface area contributed by atoms with Gasteiger partial charge in [0.2, 0.25) is 5.89 Å². The van der Waals surface area contributed by atoms with E-state index < -0.39 is 5.82 Å². The number of oxazole rings is 1. The van der Waals surface area contributed by atoms with E-state index in [9.17, 15) is 4.39 Å². The van der Waals surface area contributed by atoms with Crippen LogP contribution in [0.25, 0.3) is 22.6 Å². The maximum absolute atomic E-state index is 13.4. The fraction of sp³-hybridized carbons (Fsp3) is 0.0714. The molecular weight excluding hydrogens is 231 g/mol. The molecule has 0 fully saturated rings. The smallest absolute Gasteiger partial charge is 0.229 e. The summed E-state index contributed by atoms with van der Waals surface area (Å²) in [6.07, 6.45) is 0. The number of rotatable bonds is 1. The number of hydrogen-bond acceptors (Lipinski definition) is 3. The molecule has 0 bridgehead atoms. The molecule has 0 saturated carbocycles. The number of para-hydroxylation sites is 2. The summed E-state index contributed by atoms with van der Waals surface area (Å²) >= 11 is 0. The van der Waals surface area contributed by atoms with Gasteiger partial charge in [-0.1, -0.05) is 18.2 Å². The Labute approximate surface area is 103 Å². The first-order valence-corrected chi connectivity index (χ1v) is 5.57. The van der Waals surface area contributed by atoms with Crippen LogP contribution in [0.1, 0.15) is 5.56 Å². The van der Waals surface area contributed by atoms with E-state index in [1.165, 1.54) is 6.07 Å². The lowest BCUT2D eigenvalue weighted by Gasteiger charge is -2.01. The van der Waals surface area contributed by atoms with Gasteiger partial charge in [0, 0.05) is 0 Å². The van der Waals surface area contributed by atoms with Gasteiger partial charge >= 0.3 is 0 Å². The van der Waals surface area contributed by atoms with Gasteiger partial charge in [-0.25, -0.2) is 9.37 Å². The summed E-state index contributed by atoms with van der Waals surface area (Å²) < 4.78 is 19.1. The van der Waals surface area contributed by atoms with Gasteiger partial charge in [0.05, 0.1) is 11.3 Å². The van der Waals surface area contributed by atoms with Crippen molar-refractivity contribution >= 4 is 16.8 Å². The first-order chi connectivity index (χ1) is 8.66. The van der Waals surface area contributed by atoms with Crippen LogP contribution in [-0.2, 0) is 0 Å². The van der Waals surface area contributed by atoms with Gasteiger partial charge in [-0.3, -0.25) is 0 Å². The molecule has 0 aliphatic rings. The molecule has 3 aromatic rings. The Balaban J connectivity index is 2.26. The third-order valence-electron chi connectivity index (χ3n) is 2.90. The Morgan fingerprint density at radius 1 is 1.17 bits per heavy atom. The van der Waals surface area contributed by atoms with E-state index >= 15 is 0 Å². The number of halogens is 1. The maximum Gasteiger partial charge on any atom is 0.229 e. The number of hydrogen-bond donors (Lipinski definition) is 1. The highest BCUT2D eigenvalue weighted by Crippen LogP contribution is 2.30. The molecule has 1 heterocycles. The second-order valence-corrected chi connectivity index (χ2v) is 4.14. The first kappa shape index (κ1) is 10.8. The Morgan fingerprint density at radius 2 is 1.94 bits per heavy atom. The number of nitrogens with zero attached hydrogens (tertiary/aromatic N) is 1. The minimum atomic E-state index is -0.466. The molecule has 4 heteroatoms. The van der Waals surface area contributed by atoms with Crippen molar-refractivity contribution in [1.82, 2.24) is 4.98 Å². The highest BCUT2D eigenvalue weighted by molar-refractivity contribution is 5.81. The highest BCUT2D eigenvalue weighted by Gasteiger charge is 2.14. The molecule has 1 aromatic heterocycles. The molecule has 2 N–H and O–H groups in total. The lowest BCUT2D eigenvalue weighted by Crippen LogP contribution is -1.93. The van der Waals surface area contributed by atoms with Crippen LogP contribution in [0.2, 0.25) is 0 Å². The number of nitrogens with two attached hydrogens (primary N) is 1. The third-order valence-corrected chi connectivity index (χ3v) is 2.90. The van der Waals surface area contributed by atoms with E-state index in [2.05, 4.69) is 4.98 Å². The van der Waals surface area contributed by atoms with Crippen LogP contribution in [0.3, 0.4) is 0 Å². The Morgan fingerprint density at radius 3 is 2.72 bits per heavy atom. The molecule has 2 aromatic carbocycles. The van der Waals surface area contributed by atoms with E-state index in [0.717, 1.165) is 11.1 Å². The highest BCUT2D eigenvalue weighted by atomic mass is 19.1. The largest absolute Gasteiger partial charge is 0.436 e. The average molecular weight is 242 g/mol. The Kier molecular flexibility index (Phi) is 2.30. The van der Waals surface area contributed by atoms with Crippen molar-refractivity contribution in [1.29, 1.82) is 0 Å². The monoisotopic (exact) mass is 242 g/mol. The predicted octanol–water partition coefficient (Wildman–Crippen LogP) is 3.52. The fourth-order valence-corrected chi connectivity index (χ4v) is 1.93. The summed E-state index contributed by atoms with van der Waals surface area (Å²) in [7, 11) is 0. The van der Waals surface area contributed by atoms with Gasteiger partial charge in [0.1, 0.15) is 11.3 Å². The average Bonchev–Trinajstić information content (AvgIpc) is 2.78. The molecular formula is C14H11FN2O. The van der Waals surface area contributed by atoms with Crippen LogP contribution in [0, 0.1) is 12.7 Å². The van der Waals surface area contributed by atoms with Crippen LogP contribution in [-0.4, -0.2) is 4.98 Å². The van der Waals surface area contributed by atoms with Gasteiger partial charge in [-0.05, 0) is 30.7 Å². The molecule has 0 amide bonds. The minimum absolute atomic E-state index is 0.0571. The summed E-state index contributed by atoms with van der Waals surface area (Å²) in [5.74, 6) is -0.122. The van der Waals surface area contributed by atoms with Crippen molar-refractivity contribution in [2.45, 2.75) is 6.92 Å². The zero-order chi connectivity index (χ0) is 12.7. The van der Waals surface area contributed by atoms with Gasteiger partial charge in [0.15, 0.2) is 5.58 Å². The summed E-state index contributed by atoms with van der Waals surface area (Å²) in [5.41, 5.74) is 8.67. The number of benzene rings is 2. The lowest BCUT2D eigenvalue weighted by molar-refractivity contribution is 0.612. The van der Waals surface area contributed by atoms with Gasteiger partial charge in [-0.15, -0.1) is 0 Å². The third kappa shape index (κ3) is 1.54. The van der Waals surface area contributed by atoms with E-state index in [1.54, 1.807) is 12.1 Å². The number of aryl methyl sites for hydroxylation is 1. The second kappa shape index (κ2) is 3.84. The SMILES string of the molecule is Cc1cccc2nc(-c3cccc(F)c3N)oc12. The van der Waals surface area contributed by atoms with Crippen LogP contribution >= 0.6 is 0 Å². The van der Waals surface area contributed by atoms with Crippen LogP contribution in [0.4, 0.5) is 10.1 Å². The number of anilines is 1. The summed E-state index contributed by atoms with van der Waals surface area (Å²) in [5, 5.41) is 0. The fourth-order valence-electron chi connectivity index (χ4n) is 1.93. The molecule has 0 aliphatic carbocycles. The Bertz CT molecular complexity index is 734. The zero-order valence-corrected chi connectivity index (χ0v) is 9.77. The summed E-state index contributed by atoms with van der Waals surface area (Å²) in [6, 6.07) is 10.3. The van der Waals surface area contributed by atoms with Crippen LogP contribution < -0.4 is 5.73 Å². The van der Waals surface area contributed by atoms with Crippen molar-refractivity contribution < 1.29 is 8.81 Å². The van der Waals surface area contributed by atoms with Crippen molar-refractivity contribution in [3.63, 3.8) is 0 Å². The molecule has 3 rings (SSSR count). The van der Waals surface area contributed by atoms with Crippen molar-refractivity contribution in [3.05, 3.63) is 47.8 Å². The van der Waals surface area contributed by atoms with Crippen LogP contribution in [0.15, 0.2) is 40.8 Å². The predicted molar refractivity (Wildman–Crippen MR) is 68.6 cm³/mol. The van der Waals surface area contributed by atoms with Crippen molar-refractivity contribution in [3.8, 4) is 11.5 Å². The molecule has 0 radical (unpaired) electrons. The molecule has 0 saturated heterocycles. The number of aromatic nitrogens is 1. The number of nitrogen functional groups attached to an aromatic ring is 1. The molecule has 18 heavy (non-hydrogen) atoms. The quantitative estimate of drug-likeness (QED) is 0.664. The number of fused-ring (bicyclic) bond motifs is 1. The van der Waals surface area contributed by atoms with E-state index in [-0.39, 0.29) is 5.69 Å². The van der Waals surface area contributed by atoms with E-state index in [0.29, 0.717) is 17.0 Å². The molecule has 0 atom stereocenters. The minimum Gasteiger partial charge on any atom is -0.436 e. The topological polar surface area (TPSA) is 52.0 Å². The molecule has 90 valence electrons. The van der Waals surface area contributed by atoms with Gasteiger partial charge in [-0.2, -0.15) is 0 Å². The molecule has 0 unspecified atom stereocenters. The normalized spacial score (nSPS) is 11.0. The summed E-state index contributed by atoms with van der Waals surface area (Å²) in [4.78, 5) is 4.33. The van der Waals surface area contributed by atoms with Gasteiger partial charge in [0.25, 0.3) is 0 Å². The molecule has 3 nitrogen and oxygen atoms in total. The van der Waals surface area contributed by atoms with E-state index in [1.807, 2.05) is 25.1 Å². The Hall–Kier alpha value is -2.36. The lowest BCUT2D eigenvalue weighted by atomic mass is 10.2. The van der Waals surface area contributed by atoms with Crippen molar-refractivity contribution in [2.24, 2.45) is 0 Å². The van der Waals surface area contributed by atoms with E-state index in [4.69, 9.17) is 10.2 Å². The molecule has 0 spiro atoms. The first-order valence-electron chi connectivity index (χ1n) is 5.57. The van der Waals surface area contributed by atoms with Crippen molar-refractivity contribution in [2.75, 3.05) is 5.73 Å². The summed E-state index contributed by atoms with van der Waals surface area (Å²) in [6.45, 7) is 1.94. The maximum atomic E-state index is 13.4. The van der Waals surface area contributed by atoms with Gasteiger partial charge < -0.3 is 10.2 Å².